The van der Waals surface area contributed by atoms with Crippen LogP contribution in [0.2, 0.25) is 0 Å². The first-order valence-electron chi connectivity index (χ1n) is 8.83. The summed E-state index contributed by atoms with van der Waals surface area (Å²) < 4.78 is 4.73. The van der Waals surface area contributed by atoms with E-state index in [9.17, 15) is 14.4 Å². The minimum Gasteiger partial charge on any atom is -0.465 e. The summed E-state index contributed by atoms with van der Waals surface area (Å²) in [5.41, 5.74) is 2.18. The minimum absolute atomic E-state index is 0.0664. The van der Waals surface area contributed by atoms with E-state index in [-0.39, 0.29) is 23.6 Å². The lowest BCUT2D eigenvalue weighted by molar-refractivity contribution is -0.119. The molecule has 0 aromatic heterocycles. The van der Waals surface area contributed by atoms with Crippen LogP contribution in [0.4, 0.5) is 5.69 Å². The summed E-state index contributed by atoms with van der Waals surface area (Å²) in [4.78, 5) is 37.2. The van der Waals surface area contributed by atoms with E-state index < -0.39 is 5.97 Å². The van der Waals surface area contributed by atoms with Gasteiger partial charge in [0.1, 0.15) is 0 Å². The Bertz CT molecular complexity index is 880. The lowest BCUT2D eigenvalue weighted by Crippen LogP contribution is -2.31. The number of thioether (sulfide) groups is 1. The Labute approximate surface area is 169 Å². The second kappa shape index (κ2) is 9.94. The van der Waals surface area contributed by atoms with Crippen LogP contribution in [0, 0.1) is 6.92 Å². The number of benzene rings is 2. The second-order valence-corrected chi connectivity index (χ2v) is 7.50. The first-order valence-corrected chi connectivity index (χ1v) is 9.82. The van der Waals surface area contributed by atoms with E-state index in [4.69, 9.17) is 4.74 Å². The van der Waals surface area contributed by atoms with Crippen molar-refractivity contribution < 1.29 is 19.1 Å². The molecule has 0 saturated heterocycles. The standard InChI is InChI=1S/C21H24N2O4S/c1-13(2)22-19(24)12-28-18-8-6-5-7-16(18)20(25)23-17-11-15(21(26)27-4)10-9-14(17)3/h5-11,13H,12H2,1-4H3,(H,22,24)(H,23,25). The third-order valence-corrected chi connectivity index (χ3v) is 4.92. The van der Waals surface area contributed by atoms with Gasteiger partial charge in [-0.2, -0.15) is 0 Å². The number of esters is 1. The molecule has 28 heavy (non-hydrogen) atoms. The minimum atomic E-state index is -0.470. The van der Waals surface area contributed by atoms with Crippen molar-refractivity contribution in [2.75, 3.05) is 18.2 Å². The van der Waals surface area contributed by atoms with E-state index in [1.165, 1.54) is 18.9 Å². The summed E-state index contributed by atoms with van der Waals surface area (Å²) in [6.07, 6.45) is 0. The highest BCUT2D eigenvalue weighted by Crippen LogP contribution is 2.25. The molecule has 0 bridgehead atoms. The SMILES string of the molecule is COC(=O)c1ccc(C)c(NC(=O)c2ccccc2SCC(=O)NC(C)C)c1. The van der Waals surface area contributed by atoms with Gasteiger partial charge in [0.15, 0.2) is 0 Å². The number of nitrogens with one attached hydrogen (secondary N) is 2. The molecular weight excluding hydrogens is 376 g/mol. The highest BCUT2D eigenvalue weighted by Gasteiger charge is 2.15. The first kappa shape index (κ1) is 21.5. The predicted molar refractivity (Wildman–Crippen MR) is 111 cm³/mol. The molecular formula is C21H24N2O4S. The molecule has 0 aliphatic heterocycles. The number of hydrogen-bond donors (Lipinski definition) is 2. The zero-order chi connectivity index (χ0) is 20.7. The van der Waals surface area contributed by atoms with Crippen molar-refractivity contribution in [1.82, 2.24) is 5.32 Å². The molecule has 0 aliphatic rings. The van der Waals surface area contributed by atoms with Gasteiger partial charge >= 0.3 is 5.97 Å². The fraction of sp³-hybridized carbons (Fsp3) is 0.286. The molecule has 0 heterocycles. The molecule has 0 spiro atoms. The number of rotatable bonds is 7. The molecule has 2 rings (SSSR count). The molecule has 0 saturated carbocycles. The van der Waals surface area contributed by atoms with Crippen LogP contribution in [-0.2, 0) is 9.53 Å². The van der Waals surface area contributed by atoms with Gasteiger partial charge in [-0.3, -0.25) is 9.59 Å². The van der Waals surface area contributed by atoms with Gasteiger partial charge in [0, 0.05) is 16.6 Å². The average molecular weight is 401 g/mol. The predicted octanol–water partition coefficient (Wildman–Crippen LogP) is 3.65. The Balaban J connectivity index is 2.17. The highest BCUT2D eigenvalue weighted by atomic mass is 32.2. The van der Waals surface area contributed by atoms with Crippen LogP contribution in [0.5, 0.6) is 0 Å². The van der Waals surface area contributed by atoms with Gasteiger partial charge in [-0.05, 0) is 50.6 Å². The van der Waals surface area contributed by atoms with Crippen LogP contribution in [0.1, 0.15) is 40.1 Å². The molecule has 2 amide bonds. The van der Waals surface area contributed by atoms with Crippen molar-refractivity contribution >= 4 is 35.2 Å². The van der Waals surface area contributed by atoms with Gasteiger partial charge in [0.25, 0.3) is 5.91 Å². The van der Waals surface area contributed by atoms with Crippen LogP contribution in [0.25, 0.3) is 0 Å². The Kier molecular flexibility index (Phi) is 7.63. The molecule has 2 N–H and O–H groups in total. The normalized spacial score (nSPS) is 10.5. The fourth-order valence-corrected chi connectivity index (χ4v) is 3.34. The zero-order valence-electron chi connectivity index (χ0n) is 16.4. The first-order chi connectivity index (χ1) is 13.3. The summed E-state index contributed by atoms with van der Waals surface area (Å²) in [6, 6.07) is 12.2. The largest absolute Gasteiger partial charge is 0.465 e. The number of carbonyl (C=O) groups excluding carboxylic acids is 3. The maximum Gasteiger partial charge on any atom is 0.337 e. The third-order valence-electron chi connectivity index (χ3n) is 3.85. The Morgan fingerprint density at radius 1 is 1.11 bits per heavy atom. The zero-order valence-corrected chi connectivity index (χ0v) is 17.2. The fourth-order valence-electron chi connectivity index (χ4n) is 2.48. The topological polar surface area (TPSA) is 84.5 Å². The number of hydrogen-bond acceptors (Lipinski definition) is 5. The Hall–Kier alpha value is -2.80. The molecule has 0 aliphatic carbocycles. The van der Waals surface area contributed by atoms with Crippen LogP contribution in [0.3, 0.4) is 0 Å². The van der Waals surface area contributed by atoms with Crippen molar-refractivity contribution in [2.24, 2.45) is 0 Å². The van der Waals surface area contributed by atoms with Gasteiger partial charge in [-0.1, -0.05) is 18.2 Å². The van der Waals surface area contributed by atoms with Gasteiger partial charge < -0.3 is 15.4 Å². The summed E-state index contributed by atoms with van der Waals surface area (Å²) in [5, 5.41) is 5.67. The van der Waals surface area contributed by atoms with Gasteiger partial charge in [0.2, 0.25) is 5.91 Å². The molecule has 0 radical (unpaired) electrons. The van der Waals surface area contributed by atoms with Crippen molar-refractivity contribution in [1.29, 1.82) is 0 Å². The molecule has 7 heteroatoms. The smallest absolute Gasteiger partial charge is 0.337 e. The quantitative estimate of drug-likeness (QED) is 0.547. The van der Waals surface area contributed by atoms with E-state index in [2.05, 4.69) is 10.6 Å². The molecule has 2 aromatic rings. The Morgan fingerprint density at radius 2 is 1.82 bits per heavy atom. The summed E-state index contributed by atoms with van der Waals surface area (Å²) >= 11 is 1.30. The Morgan fingerprint density at radius 3 is 2.50 bits per heavy atom. The molecule has 0 fully saturated rings. The van der Waals surface area contributed by atoms with E-state index in [0.29, 0.717) is 21.7 Å². The van der Waals surface area contributed by atoms with Crippen LogP contribution >= 0.6 is 11.8 Å². The van der Waals surface area contributed by atoms with Gasteiger partial charge in [0.05, 0.1) is 24.0 Å². The number of aryl methyl sites for hydroxylation is 1. The van der Waals surface area contributed by atoms with Crippen molar-refractivity contribution in [3.05, 3.63) is 59.2 Å². The lowest BCUT2D eigenvalue weighted by atomic mass is 10.1. The molecule has 2 aromatic carbocycles. The van der Waals surface area contributed by atoms with Crippen LogP contribution in [-0.4, -0.2) is 36.7 Å². The van der Waals surface area contributed by atoms with Crippen molar-refractivity contribution in [3.8, 4) is 0 Å². The number of carbonyl (C=O) groups is 3. The summed E-state index contributed by atoms with van der Waals surface area (Å²) in [6.45, 7) is 5.64. The van der Waals surface area contributed by atoms with Crippen LogP contribution in [0.15, 0.2) is 47.4 Å². The summed E-state index contributed by atoms with van der Waals surface area (Å²) in [5.74, 6) is -0.642. The monoisotopic (exact) mass is 400 g/mol. The number of amides is 2. The van der Waals surface area contributed by atoms with Gasteiger partial charge in [-0.15, -0.1) is 11.8 Å². The number of ether oxygens (including phenoxy) is 1. The average Bonchev–Trinajstić information content (AvgIpc) is 2.67. The van der Waals surface area contributed by atoms with E-state index >= 15 is 0 Å². The maximum absolute atomic E-state index is 12.8. The maximum atomic E-state index is 12.8. The second-order valence-electron chi connectivity index (χ2n) is 6.48. The molecule has 0 unspecified atom stereocenters. The number of anilines is 1. The van der Waals surface area contributed by atoms with Crippen molar-refractivity contribution in [2.45, 2.75) is 31.7 Å². The number of methoxy groups -OCH3 is 1. The lowest BCUT2D eigenvalue weighted by Gasteiger charge is -2.13. The van der Waals surface area contributed by atoms with E-state index in [1.807, 2.05) is 26.8 Å². The van der Waals surface area contributed by atoms with Crippen molar-refractivity contribution in [3.63, 3.8) is 0 Å². The molecule has 6 nitrogen and oxygen atoms in total. The molecule has 0 atom stereocenters. The van der Waals surface area contributed by atoms with Crippen LogP contribution < -0.4 is 10.6 Å². The third kappa shape index (κ3) is 5.85. The summed E-state index contributed by atoms with van der Waals surface area (Å²) in [7, 11) is 1.31. The van der Waals surface area contributed by atoms with Gasteiger partial charge in [-0.25, -0.2) is 4.79 Å². The molecule has 148 valence electrons. The van der Waals surface area contributed by atoms with E-state index in [0.717, 1.165) is 5.56 Å². The highest BCUT2D eigenvalue weighted by molar-refractivity contribution is 8.00. The van der Waals surface area contributed by atoms with E-state index in [1.54, 1.807) is 36.4 Å².